The molecule has 154 valence electrons. The largest absolute Gasteiger partial charge is 0.508 e. The van der Waals surface area contributed by atoms with Crippen molar-refractivity contribution in [2.24, 2.45) is 4.99 Å². The van der Waals surface area contributed by atoms with Gasteiger partial charge in [0.1, 0.15) is 17.3 Å². The van der Waals surface area contributed by atoms with Gasteiger partial charge >= 0.3 is 0 Å². The third kappa shape index (κ3) is 7.53. The number of nitrogens with zero attached hydrogens (tertiary/aromatic N) is 1. The lowest BCUT2D eigenvalue weighted by molar-refractivity contribution is 0.406. The van der Waals surface area contributed by atoms with Gasteiger partial charge in [-0.2, -0.15) is 0 Å². The summed E-state index contributed by atoms with van der Waals surface area (Å²) in [5.74, 6) is 1.38. The molecule has 0 aliphatic carbocycles. The molecule has 0 saturated heterocycles. The monoisotopic (exact) mass is 501 g/mol. The standard InChI is InChI=1S/C21H28FN3O2.HI/c1-4-23-21(24-11-9-16-5-7-18(22)13-15(16)2)25-12-10-17-6-8-19(27-3)14-20(17)26;/h5-8,13-14,26H,4,9-12H2,1-3H3,(H2,23,24,25);1H. The fourth-order valence-electron chi connectivity index (χ4n) is 2.77. The number of phenolic OH excluding ortho intramolecular Hbond substituents is 1. The maximum absolute atomic E-state index is 13.2. The number of aryl methyl sites for hydroxylation is 1. The number of halogens is 2. The Kier molecular flexibility index (Phi) is 10.7. The third-order valence-electron chi connectivity index (χ3n) is 4.28. The van der Waals surface area contributed by atoms with Gasteiger partial charge in [0.05, 0.1) is 7.11 Å². The molecule has 0 aromatic heterocycles. The fraction of sp³-hybridized carbons (Fsp3) is 0.381. The first-order valence-corrected chi connectivity index (χ1v) is 9.16. The van der Waals surface area contributed by atoms with Crippen LogP contribution < -0.4 is 15.4 Å². The van der Waals surface area contributed by atoms with Gasteiger partial charge in [0.2, 0.25) is 0 Å². The van der Waals surface area contributed by atoms with E-state index in [0.29, 0.717) is 25.3 Å². The van der Waals surface area contributed by atoms with Crippen LogP contribution in [0.3, 0.4) is 0 Å². The van der Waals surface area contributed by atoms with Crippen LogP contribution in [0.15, 0.2) is 41.4 Å². The Labute approximate surface area is 183 Å². The molecule has 0 saturated carbocycles. The van der Waals surface area contributed by atoms with Gasteiger partial charge in [0.15, 0.2) is 5.96 Å². The Bertz CT molecular complexity index is 784. The zero-order chi connectivity index (χ0) is 19.6. The van der Waals surface area contributed by atoms with Crippen molar-refractivity contribution in [2.75, 3.05) is 26.7 Å². The summed E-state index contributed by atoms with van der Waals surface area (Å²) in [5.41, 5.74) is 2.89. The predicted molar refractivity (Wildman–Crippen MR) is 123 cm³/mol. The number of rotatable bonds is 8. The van der Waals surface area contributed by atoms with Gasteiger partial charge in [-0.1, -0.05) is 12.1 Å². The zero-order valence-electron chi connectivity index (χ0n) is 16.6. The molecule has 5 nitrogen and oxygen atoms in total. The second kappa shape index (κ2) is 12.4. The van der Waals surface area contributed by atoms with Crippen molar-refractivity contribution in [3.05, 3.63) is 58.9 Å². The first-order chi connectivity index (χ1) is 13.0. The number of aliphatic imine (C=N–C) groups is 1. The topological polar surface area (TPSA) is 65.9 Å². The maximum atomic E-state index is 13.2. The summed E-state index contributed by atoms with van der Waals surface area (Å²) in [7, 11) is 1.57. The molecule has 0 unspecified atom stereocenters. The van der Waals surface area contributed by atoms with E-state index in [4.69, 9.17) is 4.74 Å². The van der Waals surface area contributed by atoms with E-state index in [0.717, 1.165) is 35.6 Å². The molecule has 2 rings (SSSR count). The zero-order valence-corrected chi connectivity index (χ0v) is 18.9. The number of hydrogen-bond donors (Lipinski definition) is 3. The number of nitrogens with one attached hydrogen (secondary N) is 2. The van der Waals surface area contributed by atoms with Gasteiger partial charge in [-0.15, -0.1) is 24.0 Å². The van der Waals surface area contributed by atoms with Gasteiger partial charge in [0.25, 0.3) is 0 Å². The number of methoxy groups -OCH3 is 1. The van der Waals surface area contributed by atoms with Crippen molar-refractivity contribution in [1.82, 2.24) is 10.6 Å². The number of hydrogen-bond acceptors (Lipinski definition) is 3. The van der Waals surface area contributed by atoms with Gasteiger partial charge in [-0.05, 0) is 61.6 Å². The van der Waals surface area contributed by atoms with Crippen molar-refractivity contribution < 1.29 is 14.2 Å². The van der Waals surface area contributed by atoms with E-state index < -0.39 is 0 Å². The van der Waals surface area contributed by atoms with Crippen molar-refractivity contribution in [2.45, 2.75) is 26.7 Å². The first kappa shape index (κ1) is 24.0. The number of ether oxygens (including phenoxy) is 1. The molecular formula is C21H29FIN3O2. The molecule has 7 heteroatoms. The highest BCUT2D eigenvalue weighted by Crippen LogP contribution is 2.23. The van der Waals surface area contributed by atoms with Crippen LogP contribution in [0.4, 0.5) is 4.39 Å². The number of guanidine groups is 1. The van der Waals surface area contributed by atoms with Crippen LogP contribution in [0, 0.1) is 12.7 Å². The molecule has 0 fully saturated rings. The smallest absolute Gasteiger partial charge is 0.191 e. The van der Waals surface area contributed by atoms with Crippen LogP contribution in [-0.4, -0.2) is 37.8 Å². The van der Waals surface area contributed by atoms with Crippen LogP contribution in [-0.2, 0) is 12.8 Å². The highest BCUT2D eigenvalue weighted by atomic mass is 127. The SMILES string of the molecule is CCNC(=NCCc1ccc(F)cc1C)NCCc1ccc(OC)cc1O.I. The Balaban J connectivity index is 0.00000392. The average molecular weight is 501 g/mol. The Morgan fingerprint density at radius 3 is 2.50 bits per heavy atom. The minimum atomic E-state index is -0.212. The van der Waals surface area contributed by atoms with Crippen LogP contribution >= 0.6 is 24.0 Å². The van der Waals surface area contributed by atoms with Crippen molar-refractivity contribution >= 4 is 29.9 Å². The lowest BCUT2D eigenvalue weighted by atomic mass is 10.1. The third-order valence-corrected chi connectivity index (χ3v) is 4.28. The lowest BCUT2D eigenvalue weighted by Crippen LogP contribution is -2.38. The van der Waals surface area contributed by atoms with E-state index in [2.05, 4.69) is 15.6 Å². The minimum Gasteiger partial charge on any atom is -0.508 e. The molecule has 2 aromatic rings. The summed E-state index contributed by atoms with van der Waals surface area (Å²) in [4.78, 5) is 4.57. The van der Waals surface area contributed by atoms with E-state index >= 15 is 0 Å². The number of benzene rings is 2. The first-order valence-electron chi connectivity index (χ1n) is 9.16. The van der Waals surface area contributed by atoms with Gasteiger partial charge in [0, 0.05) is 25.7 Å². The van der Waals surface area contributed by atoms with Crippen molar-refractivity contribution in [3.8, 4) is 11.5 Å². The molecule has 0 aliphatic rings. The lowest BCUT2D eigenvalue weighted by Gasteiger charge is -2.12. The van der Waals surface area contributed by atoms with Gasteiger partial charge in [-0.3, -0.25) is 4.99 Å². The molecule has 0 amide bonds. The van der Waals surface area contributed by atoms with E-state index in [1.807, 2.05) is 32.0 Å². The summed E-state index contributed by atoms with van der Waals surface area (Å²) < 4.78 is 18.3. The molecule has 0 atom stereocenters. The highest BCUT2D eigenvalue weighted by molar-refractivity contribution is 14.0. The number of aromatic hydroxyl groups is 1. The summed E-state index contributed by atoms with van der Waals surface area (Å²) >= 11 is 0. The molecule has 2 aromatic carbocycles. The van der Waals surface area contributed by atoms with Crippen LogP contribution in [0.5, 0.6) is 11.5 Å². The molecule has 0 aliphatic heterocycles. The average Bonchev–Trinajstić information content (AvgIpc) is 2.64. The normalized spacial score (nSPS) is 10.9. The Morgan fingerprint density at radius 1 is 1.11 bits per heavy atom. The maximum Gasteiger partial charge on any atom is 0.191 e. The van der Waals surface area contributed by atoms with E-state index in [1.165, 1.54) is 6.07 Å². The van der Waals surface area contributed by atoms with Crippen molar-refractivity contribution in [3.63, 3.8) is 0 Å². The second-order valence-corrected chi connectivity index (χ2v) is 6.25. The number of phenols is 1. The van der Waals surface area contributed by atoms with Crippen molar-refractivity contribution in [1.29, 1.82) is 0 Å². The minimum absolute atomic E-state index is 0. The molecular weight excluding hydrogens is 472 g/mol. The van der Waals surface area contributed by atoms with E-state index in [-0.39, 0.29) is 35.5 Å². The van der Waals surface area contributed by atoms with Gasteiger partial charge < -0.3 is 20.5 Å². The fourth-order valence-corrected chi connectivity index (χ4v) is 2.77. The summed E-state index contributed by atoms with van der Waals surface area (Å²) in [6, 6.07) is 10.1. The second-order valence-electron chi connectivity index (χ2n) is 6.25. The summed E-state index contributed by atoms with van der Waals surface area (Å²) in [5, 5.41) is 16.5. The summed E-state index contributed by atoms with van der Waals surface area (Å²) in [6.07, 6.45) is 1.42. The van der Waals surface area contributed by atoms with Crippen LogP contribution in [0.1, 0.15) is 23.6 Å². The molecule has 0 bridgehead atoms. The van der Waals surface area contributed by atoms with E-state index in [1.54, 1.807) is 19.2 Å². The Morgan fingerprint density at radius 2 is 1.86 bits per heavy atom. The Hall–Kier alpha value is -2.03. The molecule has 28 heavy (non-hydrogen) atoms. The highest BCUT2D eigenvalue weighted by Gasteiger charge is 2.05. The van der Waals surface area contributed by atoms with Gasteiger partial charge in [-0.25, -0.2) is 4.39 Å². The summed E-state index contributed by atoms with van der Waals surface area (Å²) in [6.45, 7) is 5.93. The molecule has 0 heterocycles. The molecule has 0 radical (unpaired) electrons. The van der Waals surface area contributed by atoms with E-state index in [9.17, 15) is 9.50 Å². The molecule has 0 spiro atoms. The van der Waals surface area contributed by atoms with Crippen LogP contribution in [0.2, 0.25) is 0 Å². The van der Waals surface area contributed by atoms with Crippen LogP contribution in [0.25, 0.3) is 0 Å². The molecule has 3 N–H and O–H groups in total. The predicted octanol–water partition coefficient (Wildman–Crippen LogP) is 3.81. The quantitative estimate of drug-likeness (QED) is 0.293.